The SMILES string of the molecule is CC(C)Oc1ccc(C(N)=O)cc1C(=O)N1CCN(c2ccc(C(F)(F)F)cc2)CC1. The summed E-state index contributed by atoms with van der Waals surface area (Å²) in [4.78, 5) is 28.2. The maximum atomic E-state index is 13.1. The molecule has 0 spiro atoms. The standard InChI is InChI=1S/C22H24F3N3O3/c1-14(2)31-19-8-3-15(20(26)29)13-18(19)21(30)28-11-9-27(10-12-28)17-6-4-16(5-7-17)22(23,24)25/h3-8,13-14H,9-12H2,1-2H3,(H2,26,29). The van der Waals surface area contributed by atoms with E-state index in [9.17, 15) is 22.8 Å². The van der Waals surface area contributed by atoms with Gasteiger partial charge in [0.25, 0.3) is 5.91 Å². The highest BCUT2D eigenvalue weighted by atomic mass is 19.4. The van der Waals surface area contributed by atoms with E-state index in [1.807, 2.05) is 18.7 Å². The average molecular weight is 435 g/mol. The summed E-state index contributed by atoms with van der Waals surface area (Å²) in [6, 6.07) is 9.49. The van der Waals surface area contributed by atoms with Crippen LogP contribution in [0.1, 0.15) is 40.1 Å². The van der Waals surface area contributed by atoms with Gasteiger partial charge >= 0.3 is 6.18 Å². The van der Waals surface area contributed by atoms with Gasteiger partial charge in [0.1, 0.15) is 5.75 Å². The molecule has 9 heteroatoms. The van der Waals surface area contributed by atoms with Crippen molar-refractivity contribution in [3.05, 3.63) is 59.2 Å². The van der Waals surface area contributed by atoms with Gasteiger partial charge in [0.15, 0.2) is 0 Å². The predicted molar refractivity (Wildman–Crippen MR) is 110 cm³/mol. The second kappa shape index (κ2) is 8.87. The quantitative estimate of drug-likeness (QED) is 0.779. The molecule has 0 unspecified atom stereocenters. The molecule has 1 fully saturated rings. The topological polar surface area (TPSA) is 75.9 Å². The van der Waals surface area contributed by atoms with Crippen LogP contribution in [0.15, 0.2) is 42.5 Å². The molecule has 0 radical (unpaired) electrons. The van der Waals surface area contributed by atoms with Crippen LogP contribution in [0.5, 0.6) is 5.75 Å². The number of carbonyl (C=O) groups is 2. The molecule has 1 aliphatic heterocycles. The van der Waals surface area contributed by atoms with E-state index in [4.69, 9.17) is 10.5 Å². The van der Waals surface area contributed by atoms with Crippen LogP contribution in [0.3, 0.4) is 0 Å². The number of alkyl halides is 3. The molecule has 2 amide bonds. The highest BCUT2D eigenvalue weighted by Gasteiger charge is 2.31. The van der Waals surface area contributed by atoms with Crippen LogP contribution >= 0.6 is 0 Å². The Bertz CT molecular complexity index is 951. The van der Waals surface area contributed by atoms with Crippen LogP contribution in [-0.4, -0.2) is 49.0 Å². The first-order valence-corrected chi connectivity index (χ1v) is 9.88. The third-order valence-electron chi connectivity index (χ3n) is 4.98. The van der Waals surface area contributed by atoms with E-state index >= 15 is 0 Å². The van der Waals surface area contributed by atoms with Crippen molar-refractivity contribution in [1.82, 2.24) is 4.90 Å². The van der Waals surface area contributed by atoms with Crippen molar-refractivity contribution in [2.75, 3.05) is 31.1 Å². The number of primary amides is 1. The maximum Gasteiger partial charge on any atom is 0.416 e. The lowest BCUT2D eigenvalue weighted by atomic mass is 10.1. The van der Waals surface area contributed by atoms with Gasteiger partial charge in [-0.1, -0.05) is 0 Å². The monoisotopic (exact) mass is 435 g/mol. The lowest BCUT2D eigenvalue weighted by Gasteiger charge is -2.36. The zero-order chi connectivity index (χ0) is 22.8. The summed E-state index contributed by atoms with van der Waals surface area (Å²) in [5.74, 6) is -0.557. The summed E-state index contributed by atoms with van der Waals surface area (Å²) < 4.78 is 44.0. The van der Waals surface area contributed by atoms with E-state index in [1.165, 1.54) is 24.3 Å². The molecule has 31 heavy (non-hydrogen) atoms. The smallest absolute Gasteiger partial charge is 0.416 e. The third kappa shape index (κ3) is 5.28. The highest BCUT2D eigenvalue weighted by molar-refractivity contribution is 6.01. The number of amides is 2. The summed E-state index contributed by atoms with van der Waals surface area (Å²) >= 11 is 0. The predicted octanol–water partition coefficient (Wildman–Crippen LogP) is 3.55. The molecule has 2 aromatic rings. The molecule has 0 aromatic heterocycles. The van der Waals surface area contributed by atoms with Crippen molar-refractivity contribution in [2.24, 2.45) is 5.73 Å². The number of carbonyl (C=O) groups excluding carboxylic acids is 2. The lowest BCUT2D eigenvalue weighted by molar-refractivity contribution is -0.137. The Hall–Kier alpha value is -3.23. The number of halogens is 3. The molecule has 0 atom stereocenters. The van der Waals surface area contributed by atoms with Crippen molar-refractivity contribution in [1.29, 1.82) is 0 Å². The van der Waals surface area contributed by atoms with E-state index in [-0.39, 0.29) is 23.1 Å². The van der Waals surface area contributed by atoms with Crippen LogP contribution in [-0.2, 0) is 6.18 Å². The Balaban J connectivity index is 1.73. The Morgan fingerprint density at radius 2 is 1.61 bits per heavy atom. The number of nitrogens with zero attached hydrogens (tertiary/aromatic N) is 2. The minimum absolute atomic E-state index is 0.164. The van der Waals surface area contributed by atoms with E-state index in [0.29, 0.717) is 37.6 Å². The van der Waals surface area contributed by atoms with E-state index in [0.717, 1.165) is 12.1 Å². The molecular formula is C22H24F3N3O3. The zero-order valence-corrected chi connectivity index (χ0v) is 17.3. The summed E-state index contributed by atoms with van der Waals surface area (Å²) in [6.45, 7) is 5.35. The van der Waals surface area contributed by atoms with Crippen LogP contribution < -0.4 is 15.4 Å². The summed E-state index contributed by atoms with van der Waals surface area (Å²) in [7, 11) is 0. The van der Waals surface area contributed by atoms with E-state index < -0.39 is 17.6 Å². The number of ether oxygens (including phenoxy) is 1. The molecule has 0 aliphatic carbocycles. The Morgan fingerprint density at radius 1 is 1.00 bits per heavy atom. The van der Waals surface area contributed by atoms with Gasteiger partial charge in [-0.3, -0.25) is 9.59 Å². The fourth-order valence-corrected chi connectivity index (χ4v) is 3.41. The number of piperazine rings is 1. The van der Waals surface area contributed by atoms with Crippen molar-refractivity contribution in [3.8, 4) is 5.75 Å². The number of benzene rings is 2. The summed E-state index contributed by atoms with van der Waals surface area (Å²) in [5, 5.41) is 0. The van der Waals surface area contributed by atoms with Crippen molar-refractivity contribution >= 4 is 17.5 Å². The van der Waals surface area contributed by atoms with Gasteiger partial charge in [0.2, 0.25) is 5.91 Å². The maximum absolute atomic E-state index is 13.1. The van der Waals surface area contributed by atoms with Crippen LogP contribution in [0, 0.1) is 0 Å². The lowest BCUT2D eigenvalue weighted by Crippen LogP contribution is -2.49. The van der Waals surface area contributed by atoms with Crippen LogP contribution in [0.25, 0.3) is 0 Å². The fraction of sp³-hybridized carbons (Fsp3) is 0.364. The summed E-state index contributed by atoms with van der Waals surface area (Å²) in [6.07, 6.45) is -4.54. The molecule has 2 N–H and O–H groups in total. The minimum Gasteiger partial charge on any atom is -0.490 e. The Morgan fingerprint density at radius 3 is 2.13 bits per heavy atom. The Labute approximate surface area is 178 Å². The van der Waals surface area contributed by atoms with E-state index in [2.05, 4.69) is 0 Å². The van der Waals surface area contributed by atoms with Gasteiger partial charge in [0, 0.05) is 37.4 Å². The van der Waals surface area contributed by atoms with Crippen molar-refractivity contribution < 1.29 is 27.5 Å². The molecule has 1 saturated heterocycles. The molecule has 6 nitrogen and oxygen atoms in total. The van der Waals surface area contributed by atoms with Gasteiger partial charge in [-0.2, -0.15) is 13.2 Å². The molecule has 166 valence electrons. The number of hydrogen-bond acceptors (Lipinski definition) is 4. The summed E-state index contributed by atoms with van der Waals surface area (Å²) in [5.41, 5.74) is 5.79. The second-order valence-corrected chi connectivity index (χ2v) is 7.57. The minimum atomic E-state index is -4.38. The second-order valence-electron chi connectivity index (χ2n) is 7.57. The Kier molecular flexibility index (Phi) is 6.42. The number of anilines is 1. The number of nitrogens with two attached hydrogens (primary N) is 1. The van der Waals surface area contributed by atoms with Crippen molar-refractivity contribution in [2.45, 2.75) is 26.1 Å². The van der Waals surface area contributed by atoms with Gasteiger partial charge in [-0.15, -0.1) is 0 Å². The highest BCUT2D eigenvalue weighted by Crippen LogP contribution is 2.31. The largest absolute Gasteiger partial charge is 0.490 e. The molecule has 1 heterocycles. The number of rotatable bonds is 5. The van der Waals surface area contributed by atoms with Crippen molar-refractivity contribution in [3.63, 3.8) is 0 Å². The average Bonchev–Trinajstić information content (AvgIpc) is 2.72. The molecular weight excluding hydrogens is 411 g/mol. The normalized spacial score (nSPS) is 14.6. The molecule has 0 saturated carbocycles. The molecule has 2 aromatic carbocycles. The van der Waals surface area contributed by atoms with Gasteiger partial charge in [-0.05, 0) is 56.3 Å². The van der Waals surface area contributed by atoms with Crippen LogP contribution in [0.4, 0.5) is 18.9 Å². The first-order valence-electron chi connectivity index (χ1n) is 9.88. The van der Waals surface area contributed by atoms with Gasteiger partial charge in [0.05, 0.1) is 17.2 Å². The third-order valence-corrected chi connectivity index (χ3v) is 4.98. The first-order chi connectivity index (χ1) is 14.6. The molecule has 0 bridgehead atoms. The van der Waals surface area contributed by atoms with E-state index in [1.54, 1.807) is 11.0 Å². The number of hydrogen-bond donors (Lipinski definition) is 1. The molecule has 1 aliphatic rings. The zero-order valence-electron chi connectivity index (χ0n) is 17.3. The first kappa shape index (κ1) is 22.5. The van der Waals surface area contributed by atoms with Gasteiger partial charge in [-0.25, -0.2) is 0 Å². The fourth-order valence-electron chi connectivity index (χ4n) is 3.41. The van der Waals surface area contributed by atoms with Crippen LogP contribution in [0.2, 0.25) is 0 Å². The van der Waals surface area contributed by atoms with Gasteiger partial charge < -0.3 is 20.3 Å². The molecule has 3 rings (SSSR count).